The Morgan fingerprint density at radius 1 is 1.47 bits per heavy atom. The van der Waals surface area contributed by atoms with Crippen LogP contribution in [-0.2, 0) is 18.3 Å². The fourth-order valence-corrected chi connectivity index (χ4v) is 2.62. The summed E-state index contributed by atoms with van der Waals surface area (Å²) in [6.45, 7) is 0. The van der Waals surface area contributed by atoms with Gasteiger partial charge in [0, 0.05) is 35.0 Å². The second kappa shape index (κ2) is 4.92. The molecule has 0 fully saturated rings. The van der Waals surface area contributed by atoms with Crippen LogP contribution in [0.2, 0.25) is 0 Å². The average Bonchev–Trinajstić information content (AvgIpc) is 2.54. The maximum atomic E-state index is 10.4. The van der Waals surface area contributed by atoms with Gasteiger partial charge in [-0.1, -0.05) is 6.07 Å². The molecule has 2 rings (SSSR count). The highest BCUT2D eigenvalue weighted by Crippen LogP contribution is 2.26. The number of aryl methyl sites for hydroxylation is 2. The number of benzene rings is 1. The Morgan fingerprint density at radius 2 is 2.24 bits per heavy atom. The summed E-state index contributed by atoms with van der Waals surface area (Å²) in [5, 5.41) is 9.78. The lowest BCUT2D eigenvalue weighted by molar-refractivity contribution is -0.137. The topological polar surface area (TPSA) is 42.2 Å². The minimum atomic E-state index is -0.730. The average molecular weight is 296 g/mol. The van der Waals surface area contributed by atoms with E-state index >= 15 is 0 Å². The summed E-state index contributed by atoms with van der Waals surface area (Å²) in [4.78, 5) is 10.4. The Bertz CT molecular complexity index is 560. The summed E-state index contributed by atoms with van der Waals surface area (Å²) in [5.41, 5.74) is 2.37. The standard InChI is InChI=1S/C13H14BrNO2/c1-15-8-11(14)10-7-9(5-6-12(10)15)3-2-4-13(16)17/h5-8H,2-4H2,1H3,(H,16,17). The van der Waals surface area contributed by atoms with Crippen LogP contribution >= 0.6 is 15.9 Å². The number of fused-ring (bicyclic) bond motifs is 1. The van der Waals surface area contributed by atoms with Crippen LogP contribution in [0.1, 0.15) is 18.4 Å². The molecule has 1 aromatic carbocycles. The fraction of sp³-hybridized carbons (Fsp3) is 0.308. The first-order valence-electron chi connectivity index (χ1n) is 5.53. The fourth-order valence-electron chi connectivity index (χ4n) is 1.99. The number of hydrogen-bond donors (Lipinski definition) is 1. The van der Waals surface area contributed by atoms with Gasteiger partial charge in [-0.3, -0.25) is 4.79 Å². The summed E-state index contributed by atoms with van der Waals surface area (Å²) >= 11 is 3.53. The number of carboxylic acid groups (broad SMARTS) is 1. The van der Waals surface area contributed by atoms with Crippen molar-refractivity contribution in [2.75, 3.05) is 0 Å². The van der Waals surface area contributed by atoms with Gasteiger partial charge in [0.1, 0.15) is 0 Å². The molecular formula is C13H14BrNO2. The van der Waals surface area contributed by atoms with Crippen molar-refractivity contribution < 1.29 is 9.90 Å². The number of rotatable bonds is 4. The lowest BCUT2D eigenvalue weighted by Gasteiger charge is -2.02. The Balaban J connectivity index is 2.19. The first-order chi connectivity index (χ1) is 8.08. The van der Waals surface area contributed by atoms with Crippen LogP contribution in [0, 0.1) is 0 Å². The van der Waals surface area contributed by atoms with Gasteiger partial charge < -0.3 is 9.67 Å². The van der Waals surface area contributed by atoms with Gasteiger partial charge in [0.05, 0.1) is 0 Å². The van der Waals surface area contributed by atoms with Crippen molar-refractivity contribution >= 4 is 32.8 Å². The Labute approximate surface area is 108 Å². The van der Waals surface area contributed by atoms with E-state index in [0.29, 0.717) is 6.42 Å². The van der Waals surface area contributed by atoms with Gasteiger partial charge in [0.2, 0.25) is 0 Å². The van der Waals surface area contributed by atoms with E-state index in [0.717, 1.165) is 10.9 Å². The van der Waals surface area contributed by atoms with Crippen molar-refractivity contribution in [2.45, 2.75) is 19.3 Å². The summed E-state index contributed by atoms with van der Waals surface area (Å²) in [6, 6.07) is 6.27. The van der Waals surface area contributed by atoms with Crippen LogP contribution in [-0.4, -0.2) is 15.6 Å². The Morgan fingerprint density at radius 3 is 2.94 bits per heavy atom. The van der Waals surface area contributed by atoms with Gasteiger partial charge in [0.15, 0.2) is 0 Å². The van der Waals surface area contributed by atoms with E-state index in [9.17, 15) is 4.79 Å². The lowest BCUT2D eigenvalue weighted by atomic mass is 10.1. The number of nitrogens with zero attached hydrogens (tertiary/aromatic N) is 1. The quantitative estimate of drug-likeness (QED) is 0.940. The molecule has 0 unspecified atom stereocenters. The van der Waals surface area contributed by atoms with E-state index in [1.807, 2.05) is 13.2 Å². The molecule has 0 spiro atoms. The number of aliphatic carboxylic acids is 1. The molecular weight excluding hydrogens is 282 g/mol. The van der Waals surface area contributed by atoms with Gasteiger partial charge in [-0.2, -0.15) is 0 Å². The molecule has 90 valence electrons. The van der Waals surface area contributed by atoms with E-state index in [4.69, 9.17) is 5.11 Å². The minimum absolute atomic E-state index is 0.230. The molecule has 0 saturated heterocycles. The van der Waals surface area contributed by atoms with Gasteiger partial charge in [-0.25, -0.2) is 0 Å². The summed E-state index contributed by atoms with van der Waals surface area (Å²) < 4.78 is 3.15. The van der Waals surface area contributed by atoms with Crippen molar-refractivity contribution in [3.05, 3.63) is 34.4 Å². The lowest BCUT2D eigenvalue weighted by Crippen LogP contribution is -1.95. The maximum Gasteiger partial charge on any atom is 0.303 e. The third-order valence-electron chi connectivity index (χ3n) is 2.86. The van der Waals surface area contributed by atoms with Crippen molar-refractivity contribution in [2.24, 2.45) is 7.05 Å². The number of carbonyl (C=O) groups is 1. The predicted octanol–water partition coefficient (Wildman–Crippen LogP) is 3.35. The largest absolute Gasteiger partial charge is 0.481 e. The Hall–Kier alpha value is -1.29. The molecule has 1 aromatic heterocycles. The second-order valence-electron chi connectivity index (χ2n) is 4.19. The molecule has 0 amide bonds. The first kappa shape index (κ1) is 12.2. The third kappa shape index (κ3) is 2.69. The molecule has 0 bridgehead atoms. The van der Waals surface area contributed by atoms with Crippen LogP contribution in [0.15, 0.2) is 28.9 Å². The molecule has 17 heavy (non-hydrogen) atoms. The number of carboxylic acids is 1. The van der Waals surface area contributed by atoms with Gasteiger partial charge >= 0.3 is 5.97 Å². The van der Waals surface area contributed by atoms with E-state index < -0.39 is 5.97 Å². The molecule has 0 aliphatic rings. The highest BCUT2D eigenvalue weighted by atomic mass is 79.9. The van der Waals surface area contributed by atoms with Gasteiger partial charge in [-0.15, -0.1) is 0 Å². The number of halogens is 1. The zero-order valence-corrected chi connectivity index (χ0v) is 11.2. The summed E-state index contributed by atoms with van der Waals surface area (Å²) in [5.74, 6) is -0.730. The smallest absolute Gasteiger partial charge is 0.303 e. The van der Waals surface area contributed by atoms with E-state index in [1.54, 1.807) is 0 Å². The van der Waals surface area contributed by atoms with E-state index in [-0.39, 0.29) is 6.42 Å². The summed E-state index contributed by atoms with van der Waals surface area (Å²) in [6.07, 6.45) is 3.76. The van der Waals surface area contributed by atoms with Crippen LogP contribution in [0.5, 0.6) is 0 Å². The monoisotopic (exact) mass is 295 g/mol. The molecule has 2 aromatic rings. The predicted molar refractivity (Wildman–Crippen MR) is 71.2 cm³/mol. The van der Waals surface area contributed by atoms with E-state index in [2.05, 4.69) is 38.7 Å². The van der Waals surface area contributed by atoms with Gasteiger partial charge in [-0.05, 0) is 46.5 Å². The zero-order valence-electron chi connectivity index (χ0n) is 9.61. The number of aromatic nitrogens is 1. The minimum Gasteiger partial charge on any atom is -0.481 e. The molecule has 0 radical (unpaired) electrons. The molecule has 1 heterocycles. The number of hydrogen-bond acceptors (Lipinski definition) is 1. The Kier molecular flexibility index (Phi) is 3.52. The molecule has 0 aliphatic carbocycles. The zero-order chi connectivity index (χ0) is 12.4. The van der Waals surface area contributed by atoms with Crippen molar-refractivity contribution in [3.8, 4) is 0 Å². The third-order valence-corrected chi connectivity index (χ3v) is 3.49. The highest BCUT2D eigenvalue weighted by molar-refractivity contribution is 9.10. The van der Waals surface area contributed by atoms with Crippen LogP contribution < -0.4 is 0 Å². The molecule has 0 atom stereocenters. The SMILES string of the molecule is Cn1cc(Br)c2cc(CCCC(=O)O)ccc21. The normalized spacial score (nSPS) is 10.9. The van der Waals surface area contributed by atoms with Crippen molar-refractivity contribution in [1.29, 1.82) is 0 Å². The van der Waals surface area contributed by atoms with Crippen molar-refractivity contribution in [1.82, 2.24) is 4.57 Å². The molecule has 0 aliphatic heterocycles. The van der Waals surface area contributed by atoms with Crippen LogP contribution in [0.4, 0.5) is 0 Å². The molecule has 4 heteroatoms. The van der Waals surface area contributed by atoms with Gasteiger partial charge in [0.25, 0.3) is 0 Å². The van der Waals surface area contributed by atoms with Crippen LogP contribution in [0.3, 0.4) is 0 Å². The first-order valence-corrected chi connectivity index (χ1v) is 6.32. The summed E-state index contributed by atoms with van der Waals surface area (Å²) in [7, 11) is 2.01. The maximum absolute atomic E-state index is 10.4. The highest BCUT2D eigenvalue weighted by Gasteiger charge is 2.05. The molecule has 3 nitrogen and oxygen atoms in total. The second-order valence-corrected chi connectivity index (χ2v) is 5.04. The molecule has 1 N–H and O–H groups in total. The van der Waals surface area contributed by atoms with Crippen LogP contribution in [0.25, 0.3) is 10.9 Å². The van der Waals surface area contributed by atoms with Crippen molar-refractivity contribution in [3.63, 3.8) is 0 Å². The molecule has 0 saturated carbocycles. The van der Waals surface area contributed by atoms with E-state index in [1.165, 1.54) is 16.5 Å².